The molecule has 1 aromatic heterocycles. The van der Waals surface area contributed by atoms with Crippen molar-refractivity contribution in [3.05, 3.63) is 42.1 Å². The summed E-state index contributed by atoms with van der Waals surface area (Å²) in [7, 11) is 1.29. The Morgan fingerprint density at radius 2 is 2.10 bits per heavy atom. The van der Waals surface area contributed by atoms with Crippen LogP contribution in [0.15, 0.2) is 36.5 Å². The third kappa shape index (κ3) is 4.94. The van der Waals surface area contributed by atoms with E-state index in [1.807, 2.05) is 4.90 Å². The zero-order valence-electron chi connectivity index (χ0n) is 16.3. The molecule has 2 aromatic rings. The number of piperidine rings is 1. The van der Waals surface area contributed by atoms with Gasteiger partial charge >= 0.3 is 6.61 Å². The highest BCUT2D eigenvalue weighted by Crippen LogP contribution is 2.33. The maximum atomic E-state index is 12.8. The molecular weight excluding hydrogens is 398 g/mol. The quantitative estimate of drug-likeness (QED) is 0.713. The van der Waals surface area contributed by atoms with Crippen LogP contribution in [0.1, 0.15) is 23.2 Å². The summed E-state index contributed by atoms with van der Waals surface area (Å²) >= 11 is 0. The van der Waals surface area contributed by atoms with Gasteiger partial charge in [-0.05, 0) is 37.1 Å². The van der Waals surface area contributed by atoms with Gasteiger partial charge < -0.3 is 25.4 Å². The van der Waals surface area contributed by atoms with Crippen LogP contribution < -0.4 is 25.4 Å². The van der Waals surface area contributed by atoms with Gasteiger partial charge in [-0.1, -0.05) is 6.07 Å². The van der Waals surface area contributed by atoms with E-state index in [0.717, 1.165) is 19.4 Å². The van der Waals surface area contributed by atoms with Crippen LogP contribution in [0.4, 0.5) is 20.3 Å². The molecule has 1 saturated heterocycles. The number of nitrogens with two attached hydrogens (primary N) is 1. The van der Waals surface area contributed by atoms with Crippen molar-refractivity contribution in [3.8, 4) is 11.5 Å². The number of carbonyl (C=O) groups excluding carboxylic acids is 2. The molecule has 0 saturated carbocycles. The highest BCUT2D eigenvalue weighted by atomic mass is 19.3. The van der Waals surface area contributed by atoms with Crippen LogP contribution >= 0.6 is 0 Å². The third-order valence-corrected chi connectivity index (χ3v) is 4.80. The maximum Gasteiger partial charge on any atom is 0.387 e. The first-order valence-corrected chi connectivity index (χ1v) is 9.32. The molecule has 0 aliphatic carbocycles. The number of anilines is 2. The van der Waals surface area contributed by atoms with Gasteiger partial charge in [-0.2, -0.15) is 8.78 Å². The Morgan fingerprint density at radius 1 is 1.30 bits per heavy atom. The number of hydrogen-bond donors (Lipinski definition) is 2. The summed E-state index contributed by atoms with van der Waals surface area (Å²) in [6, 6.07) is 7.62. The minimum absolute atomic E-state index is 0.0190. The lowest BCUT2D eigenvalue weighted by atomic mass is 9.97. The number of carbonyl (C=O) groups is 2. The predicted octanol–water partition coefficient (Wildman–Crippen LogP) is 2.65. The van der Waals surface area contributed by atoms with Crippen LogP contribution in [0.25, 0.3) is 0 Å². The molecule has 1 unspecified atom stereocenters. The number of alkyl halides is 2. The van der Waals surface area contributed by atoms with Crippen molar-refractivity contribution in [1.82, 2.24) is 4.98 Å². The number of amides is 2. The number of para-hydroxylation sites is 1. The van der Waals surface area contributed by atoms with Gasteiger partial charge in [0, 0.05) is 13.1 Å². The lowest BCUT2D eigenvalue weighted by molar-refractivity contribution is -0.122. The fraction of sp³-hybridized carbons (Fsp3) is 0.350. The smallest absolute Gasteiger partial charge is 0.387 e. The second-order valence-corrected chi connectivity index (χ2v) is 6.76. The summed E-state index contributed by atoms with van der Waals surface area (Å²) < 4.78 is 35.0. The Labute approximate surface area is 172 Å². The number of rotatable bonds is 7. The lowest BCUT2D eigenvalue weighted by Crippen LogP contribution is -2.41. The maximum absolute atomic E-state index is 12.8. The van der Waals surface area contributed by atoms with E-state index in [0.29, 0.717) is 18.1 Å². The SMILES string of the molecule is COc1cccc(C(=O)Nc2ccc(N3CCCC(C(N)=O)C3)nc2)c1OC(F)F. The van der Waals surface area contributed by atoms with E-state index in [1.54, 1.807) is 12.1 Å². The van der Waals surface area contributed by atoms with E-state index in [-0.39, 0.29) is 28.9 Å². The molecule has 3 rings (SSSR count). The van der Waals surface area contributed by atoms with Gasteiger partial charge in [0.2, 0.25) is 5.91 Å². The van der Waals surface area contributed by atoms with Crippen LogP contribution in [0.5, 0.6) is 11.5 Å². The topological polar surface area (TPSA) is 107 Å². The van der Waals surface area contributed by atoms with Gasteiger partial charge in [0.05, 0.1) is 30.5 Å². The standard InChI is InChI=1S/C20H22F2N4O4/c1-29-15-6-2-5-14(17(15)30-20(21)22)19(28)25-13-7-8-16(24-10-13)26-9-3-4-12(11-26)18(23)27/h2,5-8,10,12,20H,3-4,9,11H2,1H3,(H2,23,27)(H,25,28). The zero-order valence-corrected chi connectivity index (χ0v) is 16.3. The number of aromatic nitrogens is 1. The molecule has 1 aliphatic heterocycles. The molecule has 3 N–H and O–H groups in total. The van der Waals surface area contributed by atoms with E-state index in [4.69, 9.17) is 10.5 Å². The van der Waals surface area contributed by atoms with Gasteiger partial charge in [-0.3, -0.25) is 9.59 Å². The summed E-state index contributed by atoms with van der Waals surface area (Å²) in [4.78, 5) is 30.3. The number of hydrogen-bond acceptors (Lipinski definition) is 6. The second-order valence-electron chi connectivity index (χ2n) is 6.76. The van der Waals surface area contributed by atoms with Crippen molar-refractivity contribution in [1.29, 1.82) is 0 Å². The predicted molar refractivity (Wildman–Crippen MR) is 106 cm³/mol. The number of primary amides is 1. The number of pyridine rings is 1. The molecule has 1 fully saturated rings. The van der Waals surface area contributed by atoms with Crippen molar-refractivity contribution in [2.24, 2.45) is 11.7 Å². The summed E-state index contributed by atoms with van der Waals surface area (Å²) in [6.07, 6.45) is 3.04. The third-order valence-electron chi connectivity index (χ3n) is 4.80. The molecule has 10 heteroatoms. The number of methoxy groups -OCH3 is 1. The van der Waals surface area contributed by atoms with Crippen LogP contribution in [-0.2, 0) is 4.79 Å². The van der Waals surface area contributed by atoms with E-state index in [9.17, 15) is 18.4 Å². The fourth-order valence-electron chi connectivity index (χ4n) is 3.33. The largest absolute Gasteiger partial charge is 0.493 e. The Morgan fingerprint density at radius 3 is 2.73 bits per heavy atom. The molecule has 1 aromatic carbocycles. The molecule has 0 bridgehead atoms. The highest BCUT2D eigenvalue weighted by Gasteiger charge is 2.25. The van der Waals surface area contributed by atoms with Gasteiger partial charge in [-0.15, -0.1) is 0 Å². The van der Waals surface area contributed by atoms with E-state index >= 15 is 0 Å². The molecule has 30 heavy (non-hydrogen) atoms. The summed E-state index contributed by atoms with van der Waals surface area (Å²) in [5.74, 6) is -0.869. The Hall–Kier alpha value is -3.43. The molecule has 0 radical (unpaired) electrons. The average molecular weight is 420 g/mol. The highest BCUT2D eigenvalue weighted by molar-refractivity contribution is 6.06. The first kappa shape index (κ1) is 21.3. The minimum Gasteiger partial charge on any atom is -0.493 e. The molecule has 1 atom stereocenters. The molecular formula is C20H22F2N4O4. The Kier molecular flexibility index (Phi) is 6.65. The van der Waals surface area contributed by atoms with Crippen molar-refractivity contribution in [3.63, 3.8) is 0 Å². The van der Waals surface area contributed by atoms with Crippen LogP contribution in [-0.4, -0.2) is 43.6 Å². The summed E-state index contributed by atoms with van der Waals surface area (Å²) in [5.41, 5.74) is 5.68. The Bertz CT molecular complexity index is 908. The molecule has 2 amide bonds. The van der Waals surface area contributed by atoms with Crippen LogP contribution in [0.2, 0.25) is 0 Å². The zero-order chi connectivity index (χ0) is 21.7. The van der Waals surface area contributed by atoms with Crippen molar-refractivity contribution in [2.45, 2.75) is 19.5 Å². The van der Waals surface area contributed by atoms with Gasteiger partial charge in [0.1, 0.15) is 5.82 Å². The number of halogens is 2. The van der Waals surface area contributed by atoms with Crippen molar-refractivity contribution >= 4 is 23.3 Å². The number of benzene rings is 1. The number of nitrogens with zero attached hydrogens (tertiary/aromatic N) is 2. The monoisotopic (exact) mass is 420 g/mol. The van der Waals surface area contributed by atoms with Crippen LogP contribution in [0, 0.1) is 5.92 Å². The number of nitrogens with one attached hydrogen (secondary N) is 1. The van der Waals surface area contributed by atoms with Crippen molar-refractivity contribution < 1.29 is 27.8 Å². The molecule has 2 heterocycles. The molecule has 1 aliphatic rings. The van der Waals surface area contributed by atoms with Gasteiger partial charge in [0.25, 0.3) is 5.91 Å². The lowest BCUT2D eigenvalue weighted by Gasteiger charge is -2.32. The number of ether oxygens (including phenoxy) is 2. The van der Waals surface area contributed by atoms with Gasteiger partial charge in [0.15, 0.2) is 11.5 Å². The first-order chi connectivity index (χ1) is 14.4. The Balaban J connectivity index is 1.73. The summed E-state index contributed by atoms with van der Waals surface area (Å²) in [5, 5.41) is 2.61. The van der Waals surface area contributed by atoms with E-state index < -0.39 is 12.5 Å². The second kappa shape index (κ2) is 9.38. The van der Waals surface area contributed by atoms with Crippen LogP contribution in [0.3, 0.4) is 0 Å². The van der Waals surface area contributed by atoms with Gasteiger partial charge in [-0.25, -0.2) is 4.98 Å². The first-order valence-electron chi connectivity index (χ1n) is 9.32. The molecule has 8 nitrogen and oxygen atoms in total. The average Bonchev–Trinajstić information content (AvgIpc) is 2.74. The van der Waals surface area contributed by atoms with E-state index in [2.05, 4.69) is 15.0 Å². The normalized spacial score (nSPS) is 16.3. The van der Waals surface area contributed by atoms with Crippen molar-refractivity contribution in [2.75, 3.05) is 30.4 Å². The van der Waals surface area contributed by atoms with E-state index in [1.165, 1.54) is 31.5 Å². The molecule has 0 spiro atoms. The molecule has 160 valence electrons. The summed E-state index contributed by atoms with van der Waals surface area (Å²) in [6.45, 7) is -1.87. The fourth-order valence-corrected chi connectivity index (χ4v) is 3.33. The minimum atomic E-state index is -3.11.